The van der Waals surface area contributed by atoms with Gasteiger partial charge in [0.15, 0.2) is 0 Å². The molecule has 4 heteroatoms. The maximum atomic E-state index is 12.6. The van der Waals surface area contributed by atoms with Crippen LogP contribution in [0, 0.1) is 0 Å². The van der Waals surface area contributed by atoms with Gasteiger partial charge in [-0.1, -0.05) is 363 Å². The van der Waals surface area contributed by atoms with Gasteiger partial charge in [-0.25, -0.2) is 0 Å². The van der Waals surface area contributed by atoms with Crippen LogP contribution >= 0.6 is 0 Å². The number of hydrogen-bond acceptors (Lipinski definition) is 3. The molecule has 0 fully saturated rings. The Morgan fingerprint density at radius 1 is 0.329 bits per heavy atom. The topological polar surface area (TPSA) is 69.6 Å². The van der Waals surface area contributed by atoms with Crippen LogP contribution in [-0.2, 0) is 4.79 Å². The smallest absolute Gasteiger partial charge is 0.220 e. The van der Waals surface area contributed by atoms with Crippen molar-refractivity contribution in [3.05, 3.63) is 72.9 Å². The number of allylic oxidation sites excluding steroid dienone is 12. The SMILES string of the molecule is CC/C=C\C/C=C\C/C=C\C/C=C\C/C=C\C/C=C\CCCCCCCCCCCCCCCCCCCCC(=O)NC(CO)C(O)CCCCCCCCCCCCCCCCCCCCCCCCCCCCC. The summed E-state index contributed by atoms with van der Waals surface area (Å²) in [5.74, 6) is -0.0262. The summed E-state index contributed by atoms with van der Waals surface area (Å²) in [6.07, 6.45) is 96.6. The van der Waals surface area contributed by atoms with Gasteiger partial charge in [-0.3, -0.25) is 4.79 Å². The Morgan fingerprint density at radius 3 is 0.868 bits per heavy atom. The molecule has 0 heterocycles. The van der Waals surface area contributed by atoms with Gasteiger partial charge in [-0.2, -0.15) is 0 Å². The van der Waals surface area contributed by atoms with E-state index < -0.39 is 12.1 Å². The van der Waals surface area contributed by atoms with Crippen LogP contribution in [0.25, 0.3) is 0 Å². The van der Waals surface area contributed by atoms with Gasteiger partial charge in [0.05, 0.1) is 18.8 Å². The molecule has 0 aromatic heterocycles. The second kappa shape index (κ2) is 67.1. The summed E-state index contributed by atoms with van der Waals surface area (Å²) in [5.41, 5.74) is 0. The van der Waals surface area contributed by atoms with Gasteiger partial charge in [-0.05, 0) is 64.2 Å². The number of aliphatic hydroxyl groups is 2. The molecule has 3 N–H and O–H groups in total. The van der Waals surface area contributed by atoms with Crippen LogP contribution in [0.1, 0.15) is 361 Å². The van der Waals surface area contributed by atoms with Crippen LogP contribution in [0.15, 0.2) is 72.9 Å². The molecule has 2 atom stereocenters. The van der Waals surface area contributed by atoms with Crippen molar-refractivity contribution in [1.29, 1.82) is 0 Å². The molecular formula is C72H133NO3. The van der Waals surface area contributed by atoms with E-state index in [1.165, 1.54) is 270 Å². The minimum Gasteiger partial charge on any atom is -0.394 e. The Labute approximate surface area is 476 Å². The van der Waals surface area contributed by atoms with Crippen molar-refractivity contribution < 1.29 is 15.0 Å². The lowest BCUT2D eigenvalue weighted by Gasteiger charge is -2.22. The molecule has 0 saturated heterocycles. The van der Waals surface area contributed by atoms with E-state index in [9.17, 15) is 15.0 Å². The van der Waals surface area contributed by atoms with E-state index in [0.717, 1.165) is 64.2 Å². The summed E-state index contributed by atoms with van der Waals surface area (Å²) in [5, 5.41) is 23.5. The molecule has 0 aromatic rings. The van der Waals surface area contributed by atoms with Crippen LogP contribution in [0.2, 0.25) is 0 Å². The summed E-state index contributed by atoms with van der Waals surface area (Å²) in [7, 11) is 0. The number of rotatable bonds is 63. The highest BCUT2D eigenvalue weighted by Gasteiger charge is 2.20. The van der Waals surface area contributed by atoms with Gasteiger partial charge in [0.2, 0.25) is 5.91 Å². The second-order valence-corrected chi connectivity index (χ2v) is 23.2. The van der Waals surface area contributed by atoms with Crippen LogP contribution in [0.4, 0.5) is 0 Å². The average Bonchev–Trinajstić information content (AvgIpc) is 3.42. The normalized spacial score (nSPS) is 13.2. The highest BCUT2D eigenvalue weighted by molar-refractivity contribution is 5.76. The predicted molar refractivity (Wildman–Crippen MR) is 341 cm³/mol. The summed E-state index contributed by atoms with van der Waals surface area (Å²) in [4.78, 5) is 12.6. The Morgan fingerprint density at radius 2 is 0.579 bits per heavy atom. The fraction of sp³-hybridized carbons (Fsp3) is 0.819. The first kappa shape index (κ1) is 73.8. The van der Waals surface area contributed by atoms with Crippen LogP contribution < -0.4 is 5.32 Å². The monoisotopic (exact) mass is 1060 g/mol. The molecule has 0 aliphatic heterocycles. The number of aliphatic hydroxyl groups excluding tert-OH is 2. The maximum Gasteiger partial charge on any atom is 0.220 e. The van der Waals surface area contributed by atoms with Crippen molar-refractivity contribution in [2.45, 2.75) is 373 Å². The Bertz CT molecular complexity index is 1290. The van der Waals surface area contributed by atoms with E-state index in [-0.39, 0.29) is 12.5 Å². The highest BCUT2D eigenvalue weighted by Crippen LogP contribution is 2.19. The van der Waals surface area contributed by atoms with Crippen molar-refractivity contribution in [2.24, 2.45) is 0 Å². The van der Waals surface area contributed by atoms with Gasteiger partial charge in [0.1, 0.15) is 0 Å². The van der Waals surface area contributed by atoms with Gasteiger partial charge >= 0.3 is 0 Å². The Kier molecular flexibility index (Phi) is 65.2. The van der Waals surface area contributed by atoms with Gasteiger partial charge in [-0.15, -0.1) is 0 Å². The zero-order chi connectivity index (χ0) is 54.8. The number of hydrogen-bond donors (Lipinski definition) is 3. The lowest BCUT2D eigenvalue weighted by molar-refractivity contribution is -0.123. The van der Waals surface area contributed by atoms with Gasteiger partial charge < -0.3 is 15.5 Å². The van der Waals surface area contributed by atoms with Crippen molar-refractivity contribution in [3.8, 4) is 0 Å². The van der Waals surface area contributed by atoms with E-state index in [1.54, 1.807) is 0 Å². The fourth-order valence-electron chi connectivity index (χ4n) is 10.6. The molecule has 0 radical (unpaired) electrons. The van der Waals surface area contributed by atoms with Crippen molar-refractivity contribution in [2.75, 3.05) is 6.61 Å². The van der Waals surface area contributed by atoms with E-state index in [4.69, 9.17) is 0 Å². The zero-order valence-corrected chi connectivity index (χ0v) is 51.3. The molecule has 0 rings (SSSR count). The first-order valence-electron chi connectivity index (χ1n) is 34.1. The van der Waals surface area contributed by atoms with E-state index in [2.05, 4.69) is 92.1 Å². The number of amides is 1. The van der Waals surface area contributed by atoms with Crippen LogP contribution in [-0.4, -0.2) is 34.9 Å². The maximum absolute atomic E-state index is 12.6. The van der Waals surface area contributed by atoms with Gasteiger partial charge in [0.25, 0.3) is 0 Å². The lowest BCUT2D eigenvalue weighted by atomic mass is 10.0. The first-order chi connectivity index (χ1) is 37.7. The number of nitrogens with one attached hydrogen (secondary N) is 1. The van der Waals surface area contributed by atoms with Gasteiger partial charge in [0, 0.05) is 6.42 Å². The first-order valence-corrected chi connectivity index (χ1v) is 34.1. The highest BCUT2D eigenvalue weighted by atomic mass is 16.3. The molecule has 0 bridgehead atoms. The quantitative estimate of drug-likeness (QED) is 0.0420. The molecule has 4 nitrogen and oxygen atoms in total. The number of carbonyl (C=O) groups excluding carboxylic acids is 1. The minimum absolute atomic E-state index is 0.0262. The third kappa shape index (κ3) is 62.7. The molecule has 0 aromatic carbocycles. The van der Waals surface area contributed by atoms with E-state index >= 15 is 0 Å². The molecule has 0 aliphatic carbocycles. The average molecular weight is 1060 g/mol. The third-order valence-corrected chi connectivity index (χ3v) is 15.7. The lowest BCUT2D eigenvalue weighted by Crippen LogP contribution is -2.45. The fourth-order valence-corrected chi connectivity index (χ4v) is 10.6. The summed E-state index contributed by atoms with van der Waals surface area (Å²) >= 11 is 0. The van der Waals surface area contributed by atoms with E-state index in [0.29, 0.717) is 12.8 Å². The largest absolute Gasteiger partial charge is 0.394 e. The number of carbonyl (C=O) groups is 1. The molecule has 0 aliphatic rings. The van der Waals surface area contributed by atoms with E-state index in [1.807, 2.05) is 0 Å². The molecule has 76 heavy (non-hydrogen) atoms. The van der Waals surface area contributed by atoms with Crippen molar-refractivity contribution >= 4 is 5.91 Å². The Balaban J connectivity index is 3.43. The number of unbranched alkanes of at least 4 members (excludes halogenated alkanes) is 44. The summed E-state index contributed by atoms with van der Waals surface area (Å²) < 4.78 is 0. The predicted octanol–water partition coefficient (Wildman–Crippen LogP) is 23.3. The molecule has 1 amide bonds. The molecule has 444 valence electrons. The standard InChI is InChI=1S/C72H133NO3/c1-3-5-7-9-11-13-15-17-19-21-23-25-27-29-31-32-33-34-35-36-37-38-39-40-42-44-46-48-50-52-54-56-58-60-62-64-66-68-72(76)73-70(69-74)71(75)67-65-63-61-59-57-55-53-51-49-47-45-43-41-30-28-26-24-22-20-18-16-14-12-10-8-6-4-2/h5,7,11,13,17,19,23,25,29,31,33-34,70-71,74-75H,3-4,6,8-10,12,14-16,18,20-22,24,26-28,30,32,35-69H2,1-2H3,(H,73,76)/b7-5-,13-11-,19-17-,25-23-,31-29-,34-33-. The van der Waals surface area contributed by atoms with Crippen molar-refractivity contribution in [3.63, 3.8) is 0 Å². The molecule has 2 unspecified atom stereocenters. The molecular weight excluding hydrogens is 927 g/mol. The second-order valence-electron chi connectivity index (χ2n) is 23.2. The zero-order valence-electron chi connectivity index (χ0n) is 51.3. The van der Waals surface area contributed by atoms with Crippen LogP contribution in [0.5, 0.6) is 0 Å². The Hall–Kier alpha value is -2.17. The minimum atomic E-state index is -0.662. The third-order valence-electron chi connectivity index (χ3n) is 15.7. The molecule has 0 spiro atoms. The van der Waals surface area contributed by atoms with Crippen molar-refractivity contribution in [1.82, 2.24) is 5.32 Å². The van der Waals surface area contributed by atoms with Crippen LogP contribution in [0.3, 0.4) is 0 Å². The summed E-state index contributed by atoms with van der Waals surface area (Å²) in [6.45, 7) is 4.28. The molecule has 0 saturated carbocycles. The summed E-state index contributed by atoms with van der Waals surface area (Å²) in [6, 6.07) is -0.539.